The highest BCUT2D eigenvalue weighted by Gasteiger charge is 2.42. The van der Waals surface area contributed by atoms with Gasteiger partial charge in [0.2, 0.25) is 5.91 Å². The number of amides is 1. The van der Waals surface area contributed by atoms with Crippen LogP contribution in [0.2, 0.25) is 5.02 Å². The first-order valence-corrected chi connectivity index (χ1v) is 12.0. The van der Waals surface area contributed by atoms with E-state index in [0.29, 0.717) is 15.8 Å². The maximum absolute atomic E-state index is 12.0. The van der Waals surface area contributed by atoms with Crippen LogP contribution in [-0.4, -0.2) is 39.3 Å². The highest BCUT2D eigenvalue weighted by molar-refractivity contribution is 7.80. The first-order chi connectivity index (χ1) is 17.6. The lowest BCUT2D eigenvalue weighted by Crippen LogP contribution is -2.30. The van der Waals surface area contributed by atoms with Gasteiger partial charge in [-0.25, -0.2) is 0 Å². The predicted molar refractivity (Wildman–Crippen MR) is 143 cm³/mol. The van der Waals surface area contributed by atoms with Crippen molar-refractivity contribution in [3.63, 3.8) is 0 Å². The first kappa shape index (κ1) is 23.9. The fraction of sp³-hybridized carbons (Fsp3) is 0.154. The number of ether oxygens (including phenoxy) is 1. The number of nitrogens with one attached hydrogen (secondary N) is 2. The van der Waals surface area contributed by atoms with E-state index in [1.807, 2.05) is 59.8 Å². The number of methoxy groups -OCH3 is 1. The van der Waals surface area contributed by atoms with Gasteiger partial charge >= 0.3 is 0 Å². The molecule has 2 N–H and O–H groups in total. The standard InChI is InChI=1S/C26H23ClN6O2S/c1-35-16-23(34)30-20-10-9-17(14-19(20)27)33-25(24(31-26(33)36)21-7-2-3-12-29-21)22-8-5-13-32(22)18-6-4-11-28-15-18/h2-15,24-25H,16H2,1H3,(H,30,34)(H,31,36)/t24-,25+/m0/s1. The Bertz CT molecular complexity index is 1380. The van der Waals surface area contributed by atoms with Crippen molar-refractivity contribution < 1.29 is 9.53 Å². The minimum Gasteiger partial charge on any atom is -0.375 e. The zero-order chi connectivity index (χ0) is 25.1. The molecule has 4 heterocycles. The third-order valence-corrected chi connectivity index (χ3v) is 6.51. The number of nitrogens with zero attached hydrogens (tertiary/aromatic N) is 4. The second kappa shape index (κ2) is 10.4. The van der Waals surface area contributed by atoms with Crippen LogP contribution in [0.15, 0.2) is 85.5 Å². The van der Waals surface area contributed by atoms with Crippen molar-refractivity contribution in [1.29, 1.82) is 0 Å². The summed E-state index contributed by atoms with van der Waals surface area (Å²) in [5, 5.41) is 7.15. The second-order valence-corrected chi connectivity index (χ2v) is 8.95. The van der Waals surface area contributed by atoms with Crippen molar-refractivity contribution in [2.75, 3.05) is 23.9 Å². The van der Waals surface area contributed by atoms with Crippen molar-refractivity contribution in [1.82, 2.24) is 19.9 Å². The predicted octanol–water partition coefficient (Wildman–Crippen LogP) is 4.68. The van der Waals surface area contributed by atoms with E-state index < -0.39 is 0 Å². The van der Waals surface area contributed by atoms with Gasteiger partial charge in [-0.15, -0.1) is 0 Å². The topological polar surface area (TPSA) is 84.3 Å². The minimum absolute atomic E-state index is 0.0582. The number of anilines is 2. The van der Waals surface area contributed by atoms with Crippen molar-refractivity contribution in [2.45, 2.75) is 12.1 Å². The molecule has 0 radical (unpaired) electrons. The largest absolute Gasteiger partial charge is 0.375 e. The number of thiocarbonyl (C=S) groups is 1. The summed E-state index contributed by atoms with van der Waals surface area (Å²) in [5.74, 6) is -0.284. The summed E-state index contributed by atoms with van der Waals surface area (Å²) in [6, 6.07) is 18.8. The van der Waals surface area contributed by atoms with Crippen molar-refractivity contribution in [3.05, 3.63) is 102 Å². The summed E-state index contributed by atoms with van der Waals surface area (Å²) in [4.78, 5) is 22.9. The molecule has 182 valence electrons. The van der Waals surface area contributed by atoms with Crippen LogP contribution in [0.1, 0.15) is 23.5 Å². The summed E-state index contributed by atoms with van der Waals surface area (Å²) in [5.41, 5.74) is 4.08. The Morgan fingerprint density at radius 1 is 1.14 bits per heavy atom. The molecule has 36 heavy (non-hydrogen) atoms. The first-order valence-electron chi connectivity index (χ1n) is 11.2. The number of aromatic nitrogens is 3. The number of hydrogen-bond acceptors (Lipinski definition) is 5. The molecule has 1 amide bonds. The lowest BCUT2D eigenvalue weighted by atomic mass is 10.0. The molecule has 0 bridgehead atoms. The maximum Gasteiger partial charge on any atom is 0.250 e. The number of benzene rings is 1. The molecular formula is C26H23ClN6O2S. The molecule has 1 aromatic carbocycles. The van der Waals surface area contributed by atoms with Crippen LogP contribution in [0, 0.1) is 0 Å². The highest BCUT2D eigenvalue weighted by atomic mass is 35.5. The molecule has 3 aromatic heterocycles. The molecule has 2 atom stereocenters. The zero-order valence-electron chi connectivity index (χ0n) is 19.3. The lowest BCUT2D eigenvalue weighted by molar-refractivity contribution is -0.119. The van der Waals surface area contributed by atoms with Crippen molar-refractivity contribution >= 4 is 46.2 Å². The SMILES string of the molecule is COCC(=O)Nc1ccc(N2C(=S)N[C@@H](c3ccccn3)[C@H]2c2cccn2-c2cccnc2)cc1Cl. The van der Waals surface area contributed by atoms with Crippen molar-refractivity contribution in [2.24, 2.45) is 0 Å². The van der Waals surface area contributed by atoms with Crippen LogP contribution in [0.25, 0.3) is 5.69 Å². The zero-order valence-corrected chi connectivity index (χ0v) is 20.9. The Kier molecular flexibility index (Phi) is 6.95. The van der Waals surface area contributed by atoms with Gasteiger partial charge in [0.25, 0.3) is 0 Å². The van der Waals surface area contributed by atoms with Crippen LogP contribution in [0.5, 0.6) is 0 Å². The number of pyridine rings is 2. The average Bonchev–Trinajstić information content (AvgIpc) is 3.51. The molecule has 4 aromatic rings. The smallest absolute Gasteiger partial charge is 0.250 e. The summed E-state index contributed by atoms with van der Waals surface area (Å²) in [7, 11) is 1.46. The molecule has 10 heteroatoms. The number of rotatable bonds is 7. The highest BCUT2D eigenvalue weighted by Crippen LogP contribution is 2.43. The maximum atomic E-state index is 12.0. The van der Waals surface area contributed by atoms with E-state index in [1.165, 1.54) is 7.11 Å². The van der Waals surface area contributed by atoms with Gasteiger partial charge in [0.1, 0.15) is 12.6 Å². The molecule has 0 unspecified atom stereocenters. The molecular weight excluding hydrogens is 496 g/mol. The Labute approximate surface area is 218 Å². The van der Waals surface area contributed by atoms with Gasteiger partial charge in [-0.05, 0) is 66.8 Å². The quantitative estimate of drug-likeness (QED) is 0.343. The number of carbonyl (C=O) groups excluding carboxylic acids is 1. The number of halogens is 1. The molecule has 0 aliphatic carbocycles. The van der Waals surface area contributed by atoms with E-state index in [2.05, 4.69) is 31.2 Å². The van der Waals surface area contributed by atoms with Gasteiger partial charge in [-0.2, -0.15) is 0 Å². The van der Waals surface area contributed by atoms with Gasteiger partial charge in [-0.1, -0.05) is 17.7 Å². The van der Waals surface area contributed by atoms with E-state index in [-0.39, 0.29) is 24.6 Å². The van der Waals surface area contributed by atoms with Gasteiger partial charge in [0.15, 0.2) is 5.11 Å². The van der Waals surface area contributed by atoms with Gasteiger partial charge < -0.3 is 24.8 Å². The van der Waals surface area contributed by atoms with Gasteiger partial charge in [0, 0.05) is 37.1 Å². The van der Waals surface area contributed by atoms with E-state index in [1.54, 1.807) is 24.5 Å². The minimum atomic E-state index is -0.284. The number of hydrogen-bond donors (Lipinski definition) is 2. The van der Waals surface area contributed by atoms with Crippen LogP contribution in [0.3, 0.4) is 0 Å². The Morgan fingerprint density at radius 2 is 2.03 bits per heavy atom. The molecule has 8 nitrogen and oxygen atoms in total. The molecule has 1 fully saturated rings. The Balaban J connectivity index is 1.58. The van der Waals surface area contributed by atoms with E-state index in [9.17, 15) is 4.79 Å². The summed E-state index contributed by atoms with van der Waals surface area (Å²) in [6.45, 7) is -0.0582. The molecule has 0 saturated carbocycles. The summed E-state index contributed by atoms with van der Waals surface area (Å²) >= 11 is 12.4. The fourth-order valence-electron chi connectivity index (χ4n) is 4.37. The fourth-order valence-corrected chi connectivity index (χ4v) is 4.94. The molecule has 5 rings (SSSR count). The third-order valence-electron chi connectivity index (χ3n) is 5.89. The van der Waals surface area contributed by atoms with Crippen LogP contribution in [-0.2, 0) is 9.53 Å². The molecule has 0 spiro atoms. The van der Waals surface area contributed by atoms with E-state index >= 15 is 0 Å². The van der Waals surface area contributed by atoms with E-state index in [4.69, 9.17) is 28.6 Å². The van der Waals surface area contributed by atoms with Crippen LogP contribution >= 0.6 is 23.8 Å². The number of carbonyl (C=O) groups is 1. The van der Waals surface area contributed by atoms with Gasteiger partial charge in [-0.3, -0.25) is 14.8 Å². The third kappa shape index (κ3) is 4.68. The molecule has 1 saturated heterocycles. The second-order valence-electron chi connectivity index (χ2n) is 8.16. The molecule has 1 aliphatic rings. The summed E-state index contributed by atoms with van der Waals surface area (Å²) in [6.07, 6.45) is 7.34. The lowest BCUT2D eigenvalue weighted by Gasteiger charge is -2.29. The Hall–Kier alpha value is -3.79. The van der Waals surface area contributed by atoms with Crippen molar-refractivity contribution in [3.8, 4) is 5.69 Å². The monoisotopic (exact) mass is 518 g/mol. The van der Waals surface area contributed by atoms with Gasteiger partial charge in [0.05, 0.1) is 34.3 Å². The summed E-state index contributed by atoms with van der Waals surface area (Å²) < 4.78 is 6.98. The van der Waals surface area contributed by atoms with E-state index in [0.717, 1.165) is 22.8 Å². The normalized spacial score (nSPS) is 17.2. The molecule has 1 aliphatic heterocycles. The average molecular weight is 519 g/mol. The van der Waals surface area contributed by atoms with Crippen LogP contribution < -0.4 is 15.5 Å². The Morgan fingerprint density at radius 3 is 2.75 bits per heavy atom. The van der Waals surface area contributed by atoms with Crippen LogP contribution in [0.4, 0.5) is 11.4 Å².